The van der Waals surface area contributed by atoms with E-state index in [9.17, 15) is 18.0 Å². The van der Waals surface area contributed by atoms with Crippen LogP contribution in [0.15, 0.2) is 42.9 Å². The highest BCUT2D eigenvalue weighted by Gasteiger charge is 2.36. The summed E-state index contributed by atoms with van der Waals surface area (Å²) >= 11 is 0. The summed E-state index contributed by atoms with van der Waals surface area (Å²) in [6.45, 7) is 7.51. The van der Waals surface area contributed by atoms with E-state index in [2.05, 4.69) is 49.4 Å². The highest BCUT2D eigenvalue weighted by atomic mass is 19.4. The molecule has 0 aliphatic carbocycles. The molecule has 0 unspecified atom stereocenters. The third-order valence-corrected chi connectivity index (χ3v) is 7.34. The Labute approximate surface area is 213 Å². The van der Waals surface area contributed by atoms with Crippen molar-refractivity contribution < 1.29 is 18.0 Å². The fourth-order valence-electron chi connectivity index (χ4n) is 5.46. The van der Waals surface area contributed by atoms with E-state index in [0.717, 1.165) is 50.4 Å². The van der Waals surface area contributed by atoms with Crippen LogP contribution in [0.5, 0.6) is 0 Å². The number of piperidine rings is 1. The number of fused-ring (bicyclic) bond motifs is 1. The molecule has 37 heavy (non-hydrogen) atoms. The number of hydrogen-bond acceptors (Lipinski definition) is 5. The maximum Gasteiger partial charge on any atom is 0.419 e. The van der Waals surface area contributed by atoms with Crippen molar-refractivity contribution in [3.63, 3.8) is 0 Å². The molecule has 2 saturated heterocycles. The van der Waals surface area contributed by atoms with Gasteiger partial charge in [-0.2, -0.15) is 13.2 Å². The van der Waals surface area contributed by atoms with Gasteiger partial charge in [-0.25, -0.2) is 14.8 Å². The van der Waals surface area contributed by atoms with Crippen LogP contribution >= 0.6 is 0 Å². The summed E-state index contributed by atoms with van der Waals surface area (Å²) in [6.07, 6.45) is 0.875. The van der Waals surface area contributed by atoms with Crippen LogP contribution < -0.4 is 10.2 Å². The SMILES string of the molecule is C[C@@H]1CN(c2ncc(C(F)(F)F)cn2)C[C@H](C)N1C(=O)NC1CCN(Cc2ccc3[nH]ccc3c2)CC1. The van der Waals surface area contributed by atoms with Crippen LogP contribution in [0, 0.1) is 0 Å². The number of aromatic nitrogens is 3. The van der Waals surface area contributed by atoms with Crippen molar-refractivity contribution in [2.75, 3.05) is 31.1 Å². The first-order valence-corrected chi connectivity index (χ1v) is 12.7. The number of carbonyl (C=O) groups excluding carboxylic acids is 1. The number of H-pyrrole nitrogens is 1. The number of urea groups is 1. The van der Waals surface area contributed by atoms with Gasteiger partial charge in [0, 0.05) is 75.0 Å². The predicted molar refractivity (Wildman–Crippen MR) is 135 cm³/mol. The maximum atomic E-state index is 13.2. The highest BCUT2D eigenvalue weighted by molar-refractivity contribution is 5.79. The molecule has 11 heteroatoms. The quantitative estimate of drug-likeness (QED) is 0.543. The second-order valence-electron chi connectivity index (χ2n) is 10.2. The zero-order valence-electron chi connectivity index (χ0n) is 21.0. The number of aromatic amines is 1. The second-order valence-corrected chi connectivity index (χ2v) is 10.2. The first-order chi connectivity index (χ1) is 17.7. The monoisotopic (exact) mass is 515 g/mol. The fourth-order valence-corrected chi connectivity index (χ4v) is 5.46. The van der Waals surface area contributed by atoms with E-state index in [0.29, 0.717) is 13.1 Å². The van der Waals surface area contributed by atoms with Gasteiger partial charge in [0.2, 0.25) is 5.95 Å². The van der Waals surface area contributed by atoms with Crippen LogP contribution in [0.3, 0.4) is 0 Å². The molecule has 3 aromatic rings. The molecular weight excluding hydrogens is 483 g/mol. The first-order valence-electron chi connectivity index (χ1n) is 12.7. The number of rotatable bonds is 4. The Hall–Kier alpha value is -3.34. The lowest BCUT2D eigenvalue weighted by Gasteiger charge is -2.45. The van der Waals surface area contributed by atoms with Crippen molar-refractivity contribution in [2.45, 2.75) is 57.5 Å². The number of benzene rings is 1. The number of alkyl halides is 3. The lowest BCUT2D eigenvalue weighted by Crippen LogP contribution is -2.62. The van der Waals surface area contributed by atoms with Gasteiger partial charge < -0.3 is 20.1 Å². The first kappa shape index (κ1) is 25.3. The average molecular weight is 516 g/mol. The molecule has 2 atom stereocenters. The molecule has 0 spiro atoms. The second kappa shape index (κ2) is 10.2. The number of likely N-dealkylation sites (tertiary alicyclic amines) is 1. The van der Waals surface area contributed by atoms with Gasteiger partial charge in [-0.1, -0.05) is 6.07 Å². The average Bonchev–Trinajstić information content (AvgIpc) is 3.32. The molecule has 0 radical (unpaired) electrons. The van der Waals surface area contributed by atoms with E-state index >= 15 is 0 Å². The Bertz CT molecular complexity index is 1210. The molecular formula is C26H32F3N7O. The van der Waals surface area contributed by atoms with Gasteiger partial charge in [0.05, 0.1) is 5.56 Å². The normalized spacial score (nSPS) is 22.0. The summed E-state index contributed by atoms with van der Waals surface area (Å²) in [5.74, 6) is 0.245. The van der Waals surface area contributed by atoms with Gasteiger partial charge >= 0.3 is 12.2 Å². The highest BCUT2D eigenvalue weighted by Crippen LogP contribution is 2.29. The minimum Gasteiger partial charge on any atom is -0.361 e. The van der Waals surface area contributed by atoms with Crippen LogP contribution in [-0.2, 0) is 12.7 Å². The van der Waals surface area contributed by atoms with Crippen LogP contribution in [0.2, 0.25) is 0 Å². The molecule has 2 aromatic heterocycles. The van der Waals surface area contributed by atoms with Crippen molar-refractivity contribution in [3.05, 3.63) is 54.0 Å². The third kappa shape index (κ3) is 5.66. The standard InChI is InChI=1S/C26H32F3N7O/c1-17-14-35(24-31-12-21(13-32-24)26(27,28)29)15-18(2)36(17)25(37)33-22-6-9-34(10-7-22)16-19-3-4-23-20(11-19)5-8-30-23/h3-5,8,11-13,17-18,22,30H,6-7,9-10,14-16H2,1-2H3,(H,33,37)/t17-,18+. The van der Waals surface area contributed by atoms with Gasteiger partial charge in [-0.05, 0) is 55.8 Å². The lowest BCUT2D eigenvalue weighted by molar-refractivity contribution is -0.138. The molecule has 5 rings (SSSR count). The minimum atomic E-state index is -4.47. The number of nitrogens with zero attached hydrogens (tertiary/aromatic N) is 5. The van der Waals surface area contributed by atoms with Crippen molar-refractivity contribution >= 4 is 22.9 Å². The number of anilines is 1. The van der Waals surface area contributed by atoms with E-state index < -0.39 is 11.7 Å². The van der Waals surface area contributed by atoms with E-state index in [1.54, 1.807) is 0 Å². The van der Waals surface area contributed by atoms with E-state index in [1.807, 2.05) is 29.8 Å². The van der Waals surface area contributed by atoms with Crippen molar-refractivity contribution in [2.24, 2.45) is 0 Å². The number of carbonyl (C=O) groups is 1. The number of hydrogen-bond donors (Lipinski definition) is 2. The number of amides is 2. The van der Waals surface area contributed by atoms with Crippen LogP contribution in [0.4, 0.5) is 23.9 Å². The third-order valence-electron chi connectivity index (χ3n) is 7.34. The fraction of sp³-hybridized carbons (Fsp3) is 0.500. The summed E-state index contributed by atoms with van der Waals surface area (Å²) in [4.78, 5) is 30.3. The van der Waals surface area contributed by atoms with Crippen molar-refractivity contribution in [1.82, 2.24) is 30.1 Å². The lowest BCUT2D eigenvalue weighted by atomic mass is 10.0. The Balaban J connectivity index is 1.12. The summed E-state index contributed by atoms with van der Waals surface area (Å²) in [5, 5.41) is 4.43. The van der Waals surface area contributed by atoms with Crippen molar-refractivity contribution in [1.29, 1.82) is 0 Å². The summed E-state index contributed by atoms with van der Waals surface area (Å²) in [5.41, 5.74) is 1.55. The molecule has 0 bridgehead atoms. The van der Waals surface area contributed by atoms with Gasteiger partial charge in [0.1, 0.15) is 0 Å². The van der Waals surface area contributed by atoms with Crippen LogP contribution in [0.1, 0.15) is 37.8 Å². The van der Waals surface area contributed by atoms with E-state index in [1.165, 1.54) is 10.9 Å². The summed E-state index contributed by atoms with van der Waals surface area (Å²) in [7, 11) is 0. The van der Waals surface area contributed by atoms with Gasteiger partial charge in [0.15, 0.2) is 0 Å². The predicted octanol–water partition coefficient (Wildman–Crippen LogP) is 4.25. The van der Waals surface area contributed by atoms with Gasteiger partial charge in [-0.15, -0.1) is 0 Å². The Kier molecular flexibility index (Phi) is 6.98. The smallest absolute Gasteiger partial charge is 0.361 e. The maximum absolute atomic E-state index is 13.2. The molecule has 2 amide bonds. The van der Waals surface area contributed by atoms with Crippen LogP contribution in [0.25, 0.3) is 10.9 Å². The van der Waals surface area contributed by atoms with Crippen molar-refractivity contribution in [3.8, 4) is 0 Å². The number of nitrogens with one attached hydrogen (secondary N) is 2. The Morgan fingerprint density at radius 2 is 1.76 bits per heavy atom. The minimum absolute atomic E-state index is 0.0932. The van der Waals surface area contributed by atoms with E-state index in [-0.39, 0.29) is 30.1 Å². The number of halogens is 3. The molecule has 198 valence electrons. The molecule has 2 N–H and O–H groups in total. The molecule has 2 aliphatic heterocycles. The molecule has 1 aromatic carbocycles. The molecule has 2 aliphatic rings. The Morgan fingerprint density at radius 3 is 2.41 bits per heavy atom. The van der Waals surface area contributed by atoms with Crippen LogP contribution in [-0.4, -0.2) is 75.1 Å². The Morgan fingerprint density at radius 1 is 1.08 bits per heavy atom. The van der Waals surface area contributed by atoms with Gasteiger partial charge in [0.25, 0.3) is 0 Å². The molecule has 4 heterocycles. The zero-order chi connectivity index (χ0) is 26.2. The van der Waals surface area contributed by atoms with E-state index in [4.69, 9.17) is 0 Å². The summed E-state index contributed by atoms with van der Waals surface area (Å²) < 4.78 is 38.5. The summed E-state index contributed by atoms with van der Waals surface area (Å²) in [6, 6.07) is 8.32. The molecule has 8 nitrogen and oxygen atoms in total. The topological polar surface area (TPSA) is 80.4 Å². The zero-order valence-corrected chi connectivity index (χ0v) is 21.0. The molecule has 0 saturated carbocycles. The van der Waals surface area contributed by atoms with Gasteiger partial charge in [-0.3, -0.25) is 4.90 Å². The number of piperazine rings is 1. The largest absolute Gasteiger partial charge is 0.419 e. The molecule has 2 fully saturated rings.